The summed E-state index contributed by atoms with van der Waals surface area (Å²) in [7, 11) is 0. The number of hydrogen-bond donors (Lipinski definition) is 0. The van der Waals surface area contributed by atoms with E-state index in [0.717, 1.165) is 11.4 Å². The van der Waals surface area contributed by atoms with Crippen LogP contribution in [0.5, 0.6) is 0 Å². The zero-order valence-electron chi connectivity index (χ0n) is 7.19. The van der Waals surface area contributed by atoms with Crippen molar-refractivity contribution in [3.8, 4) is 0 Å². The van der Waals surface area contributed by atoms with Crippen molar-refractivity contribution in [1.82, 2.24) is 9.97 Å². The third-order valence-electron chi connectivity index (χ3n) is 1.21. The Bertz CT molecular complexity index is 273. The van der Waals surface area contributed by atoms with Gasteiger partial charge in [0.05, 0.1) is 11.9 Å². The molecule has 0 bridgehead atoms. The minimum absolute atomic E-state index is 0.570. The van der Waals surface area contributed by atoms with Crippen LogP contribution in [0.15, 0.2) is 17.5 Å². The number of aromatic nitrogens is 2. The minimum Gasteiger partial charge on any atom is -0.396 e. The number of aryl methyl sites for hydroxylation is 1. The summed E-state index contributed by atoms with van der Waals surface area (Å²) in [6.45, 7) is 4.35. The molecule has 0 unspecified atom stereocenters. The molecule has 0 radical (unpaired) electrons. The zero-order valence-corrected chi connectivity index (χ0v) is 7.19. The van der Waals surface area contributed by atoms with Crippen molar-refractivity contribution in [3.05, 3.63) is 23.8 Å². The maximum Gasteiger partial charge on any atom is 0.116 e. The first kappa shape index (κ1) is 8.64. The summed E-state index contributed by atoms with van der Waals surface area (Å²) in [5.41, 5.74) is 1.68. The molecule has 0 aliphatic rings. The molecule has 0 aromatic carbocycles. The Balaban J connectivity index is 2.63. The van der Waals surface area contributed by atoms with Gasteiger partial charge in [0.25, 0.3) is 0 Å². The van der Waals surface area contributed by atoms with Crippen molar-refractivity contribution < 1.29 is 4.84 Å². The molecule has 0 saturated heterocycles. The fraction of sp³-hybridized carbons (Fsp3) is 0.375. The van der Waals surface area contributed by atoms with Gasteiger partial charge in [-0.25, -0.2) is 9.97 Å². The Labute approximate surface area is 71.3 Å². The van der Waals surface area contributed by atoms with Crippen molar-refractivity contribution >= 4 is 6.21 Å². The molecule has 4 heteroatoms. The smallest absolute Gasteiger partial charge is 0.116 e. The van der Waals surface area contributed by atoms with E-state index < -0.39 is 0 Å². The summed E-state index contributed by atoms with van der Waals surface area (Å²) >= 11 is 0. The van der Waals surface area contributed by atoms with Crippen LogP contribution in [0.25, 0.3) is 0 Å². The fourth-order valence-corrected chi connectivity index (χ4v) is 0.712. The maximum absolute atomic E-state index is 4.79. The third-order valence-corrected chi connectivity index (χ3v) is 1.21. The monoisotopic (exact) mass is 165 g/mol. The van der Waals surface area contributed by atoms with Crippen LogP contribution in [-0.4, -0.2) is 22.8 Å². The highest BCUT2D eigenvalue weighted by atomic mass is 16.6. The molecular weight excluding hydrogens is 154 g/mol. The van der Waals surface area contributed by atoms with E-state index in [1.54, 1.807) is 6.21 Å². The first-order valence-corrected chi connectivity index (χ1v) is 3.77. The number of rotatable bonds is 3. The number of oxime groups is 1. The van der Waals surface area contributed by atoms with E-state index in [-0.39, 0.29) is 0 Å². The van der Waals surface area contributed by atoms with Crippen LogP contribution in [0.4, 0.5) is 0 Å². The lowest BCUT2D eigenvalue weighted by atomic mass is 10.3. The maximum atomic E-state index is 4.79. The predicted molar refractivity (Wildman–Crippen MR) is 46.0 cm³/mol. The predicted octanol–water partition coefficient (Wildman–Crippen LogP) is 1.16. The van der Waals surface area contributed by atoms with E-state index in [1.165, 1.54) is 6.33 Å². The Morgan fingerprint density at radius 3 is 3.08 bits per heavy atom. The molecule has 0 amide bonds. The SMILES string of the molecule is CCO/N=C/c1cc(C)ncn1. The van der Waals surface area contributed by atoms with E-state index in [2.05, 4.69) is 15.1 Å². The van der Waals surface area contributed by atoms with Crippen LogP contribution in [0.3, 0.4) is 0 Å². The van der Waals surface area contributed by atoms with Gasteiger partial charge in [-0.2, -0.15) is 0 Å². The summed E-state index contributed by atoms with van der Waals surface area (Å²) < 4.78 is 0. The van der Waals surface area contributed by atoms with E-state index in [0.29, 0.717) is 6.61 Å². The molecular formula is C8H11N3O. The van der Waals surface area contributed by atoms with Gasteiger partial charge in [0, 0.05) is 5.69 Å². The van der Waals surface area contributed by atoms with E-state index in [9.17, 15) is 0 Å². The topological polar surface area (TPSA) is 47.4 Å². The van der Waals surface area contributed by atoms with Crippen molar-refractivity contribution in [2.24, 2.45) is 5.16 Å². The molecule has 64 valence electrons. The van der Waals surface area contributed by atoms with Gasteiger partial charge in [-0.1, -0.05) is 5.16 Å². The molecule has 0 saturated carbocycles. The molecule has 12 heavy (non-hydrogen) atoms. The Morgan fingerprint density at radius 2 is 2.42 bits per heavy atom. The van der Waals surface area contributed by atoms with Crippen molar-refractivity contribution in [2.75, 3.05) is 6.61 Å². The van der Waals surface area contributed by atoms with Crippen molar-refractivity contribution in [1.29, 1.82) is 0 Å². The molecule has 0 atom stereocenters. The quantitative estimate of drug-likeness (QED) is 0.498. The van der Waals surface area contributed by atoms with Crippen molar-refractivity contribution in [2.45, 2.75) is 13.8 Å². The van der Waals surface area contributed by atoms with Gasteiger partial charge in [-0.3, -0.25) is 0 Å². The summed E-state index contributed by atoms with van der Waals surface area (Å²) in [5, 5.41) is 3.69. The van der Waals surface area contributed by atoms with E-state index >= 15 is 0 Å². The number of nitrogens with zero attached hydrogens (tertiary/aromatic N) is 3. The Hall–Kier alpha value is -1.45. The van der Waals surface area contributed by atoms with Gasteiger partial charge in [0.2, 0.25) is 0 Å². The van der Waals surface area contributed by atoms with Crippen LogP contribution in [0.2, 0.25) is 0 Å². The first-order chi connectivity index (χ1) is 5.83. The first-order valence-electron chi connectivity index (χ1n) is 3.77. The molecule has 1 aromatic rings. The highest BCUT2D eigenvalue weighted by Gasteiger charge is 1.89. The van der Waals surface area contributed by atoms with Gasteiger partial charge in [0.15, 0.2) is 0 Å². The molecule has 1 rings (SSSR count). The minimum atomic E-state index is 0.570. The summed E-state index contributed by atoms with van der Waals surface area (Å²) in [5.74, 6) is 0. The molecule has 4 nitrogen and oxygen atoms in total. The Kier molecular flexibility index (Phi) is 3.19. The van der Waals surface area contributed by atoms with Crippen molar-refractivity contribution in [3.63, 3.8) is 0 Å². The lowest BCUT2D eigenvalue weighted by Gasteiger charge is -1.93. The Morgan fingerprint density at radius 1 is 1.58 bits per heavy atom. The summed E-state index contributed by atoms with van der Waals surface area (Å²) in [4.78, 5) is 12.7. The second kappa shape index (κ2) is 4.43. The average molecular weight is 165 g/mol. The largest absolute Gasteiger partial charge is 0.396 e. The summed E-state index contributed by atoms with van der Waals surface area (Å²) in [6.07, 6.45) is 3.07. The van der Waals surface area contributed by atoms with Gasteiger partial charge in [-0.05, 0) is 19.9 Å². The average Bonchev–Trinajstić information content (AvgIpc) is 2.05. The van der Waals surface area contributed by atoms with Gasteiger partial charge < -0.3 is 4.84 Å². The van der Waals surface area contributed by atoms with E-state index in [1.807, 2.05) is 19.9 Å². The molecule has 0 fully saturated rings. The van der Waals surface area contributed by atoms with Crippen LogP contribution < -0.4 is 0 Å². The highest BCUT2D eigenvalue weighted by molar-refractivity contribution is 5.76. The molecule has 0 aliphatic carbocycles. The molecule has 1 heterocycles. The molecule has 0 aliphatic heterocycles. The second-order valence-electron chi connectivity index (χ2n) is 2.24. The lowest BCUT2D eigenvalue weighted by Crippen LogP contribution is -1.91. The highest BCUT2D eigenvalue weighted by Crippen LogP contribution is 1.92. The molecule has 0 spiro atoms. The van der Waals surface area contributed by atoms with Gasteiger partial charge in [-0.15, -0.1) is 0 Å². The molecule has 0 N–H and O–H groups in total. The second-order valence-corrected chi connectivity index (χ2v) is 2.24. The zero-order chi connectivity index (χ0) is 8.81. The molecule has 1 aromatic heterocycles. The lowest BCUT2D eigenvalue weighted by molar-refractivity contribution is 0.160. The van der Waals surface area contributed by atoms with Crippen LogP contribution in [0.1, 0.15) is 18.3 Å². The third kappa shape index (κ3) is 2.65. The van der Waals surface area contributed by atoms with Gasteiger partial charge in [0.1, 0.15) is 12.9 Å². The normalized spacial score (nSPS) is 10.5. The van der Waals surface area contributed by atoms with Crippen LogP contribution in [0, 0.1) is 6.92 Å². The number of hydrogen-bond acceptors (Lipinski definition) is 4. The van der Waals surface area contributed by atoms with Gasteiger partial charge >= 0.3 is 0 Å². The van der Waals surface area contributed by atoms with Crippen LogP contribution in [-0.2, 0) is 4.84 Å². The fourth-order valence-electron chi connectivity index (χ4n) is 0.712. The standard InChI is InChI=1S/C8H11N3O/c1-3-12-11-5-8-4-7(2)9-6-10-8/h4-6H,3H2,1-2H3/b11-5+. The van der Waals surface area contributed by atoms with Crippen LogP contribution >= 0.6 is 0 Å². The van der Waals surface area contributed by atoms with E-state index in [4.69, 9.17) is 4.84 Å². The summed E-state index contributed by atoms with van der Waals surface area (Å²) in [6, 6.07) is 1.84.